The molecule has 3 rings (SSSR count). The Labute approximate surface area is 114 Å². The zero-order valence-electron chi connectivity index (χ0n) is 11.0. The summed E-state index contributed by atoms with van der Waals surface area (Å²) >= 11 is 1.84. The first-order valence-electron chi connectivity index (χ1n) is 7.41. The summed E-state index contributed by atoms with van der Waals surface area (Å²) in [6.45, 7) is 2.16. The van der Waals surface area contributed by atoms with Gasteiger partial charge in [-0.2, -0.15) is 0 Å². The lowest BCUT2D eigenvalue weighted by molar-refractivity contribution is 0.174. The summed E-state index contributed by atoms with van der Waals surface area (Å²) in [5.74, 6) is 0.979. The van der Waals surface area contributed by atoms with Crippen molar-refractivity contribution in [2.24, 2.45) is 5.92 Å². The lowest BCUT2D eigenvalue weighted by Crippen LogP contribution is -2.52. The lowest BCUT2D eigenvalue weighted by Gasteiger charge is -2.40. The molecule has 2 N–H and O–H groups in total. The van der Waals surface area contributed by atoms with Crippen LogP contribution >= 0.6 is 11.3 Å². The van der Waals surface area contributed by atoms with Gasteiger partial charge in [0.2, 0.25) is 0 Å². The molecule has 3 heteroatoms. The van der Waals surface area contributed by atoms with E-state index in [4.69, 9.17) is 0 Å². The highest BCUT2D eigenvalue weighted by molar-refractivity contribution is 7.09. The number of fused-ring (bicyclic) bond motifs is 1. The van der Waals surface area contributed by atoms with Gasteiger partial charge in [0.05, 0.1) is 0 Å². The highest BCUT2D eigenvalue weighted by Gasteiger charge is 2.31. The molecule has 1 aromatic heterocycles. The number of hydrogen-bond acceptors (Lipinski definition) is 3. The van der Waals surface area contributed by atoms with Crippen LogP contribution in [0.3, 0.4) is 0 Å². The maximum absolute atomic E-state index is 3.88. The number of thiophene rings is 1. The van der Waals surface area contributed by atoms with Crippen molar-refractivity contribution >= 4 is 11.3 Å². The van der Waals surface area contributed by atoms with Crippen LogP contribution in [0.2, 0.25) is 0 Å². The fraction of sp³-hybridized carbons (Fsp3) is 0.733. The molecule has 0 spiro atoms. The van der Waals surface area contributed by atoms with Gasteiger partial charge in [0.1, 0.15) is 0 Å². The van der Waals surface area contributed by atoms with Gasteiger partial charge in [0.15, 0.2) is 0 Å². The average molecular weight is 264 g/mol. The van der Waals surface area contributed by atoms with E-state index < -0.39 is 0 Å². The van der Waals surface area contributed by atoms with Gasteiger partial charge in [-0.25, -0.2) is 0 Å². The molecule has 1 aromatic rings. The van der Waals surface area contributed by atoms with Crippen molar-refractivity contribution < 1.29 is 0 Å². The Morgan fingerprint density at radius 2 is 2.17 bits per heavy atom. The standard InChI is InChI=1S/C15H24N2S/c1-2-6-15-12(4-1)7-8-13(17-15)10-16-11-14-5-3-9-18-14/h3,5,9,12-13,15-17H,1-2,4,6-8,10-11H2. The number of piperidine rings is 1. The second-order valence-corrected chi connectivity index (χ2v) is 6.83. The van der Waals surface area contributed by atoms with Gasteiger partial charge in [0.25, 0.3) is 0 Å². The van der Waals surface area contributed by atoms with Crippen molar-refractivity contribution in [1.82, 2.24) is 10.6 Å². The van der Waals surface area contributed by atoms with Crippen molar-refractivity contribution in [2.75, 3.05) is 6.54 Å². The molecule has 2 nitrogen and oxygen atoms in total. The molecule has 0 bridgehead atoms. The SMILES string of the molecule is c1csc(CNCC2CCC3CCCCC3N2)c1. The van der Waals surface area contributed by atoms with Crippen LogP contribution in [0.4, 0.5) is 0 Å². The minimum Gasteiger partial charge on any atom is -0.310 e. The van der Waals surface area contributed by atoms with Crippen LogP contribution in [-0.2, 0) is 6.54 Å². The molecule has 1 aliphatic heterocycles. The highest BCUT2D eigenvalue weighted by atomic mass is 32.1. The van der Waals surface area contributed by atoms with Gasteiger partial charge >= 0.3 is 0 Å². The third kappa shape index (κ3) is 3.14. The van der Waals surface area contributed by atoms with Crippen LogP contribution in [0.1, 0.15) is 43.4 Å². The quantitative estimate of drug-likeness (QED) is 0.873. The fourth-order valence-corrected chi connectivity index (χ4v) is 4.19. The summed E-state index contributed by atoms with van der Waals surface area (Å²) < 4.78 is 0. The normalized spacial score (nSPS) is 32.1. The summed E-state index contributed by atoms with van der Waals surface area (Å²) in [5, 5.41) is 9.63. The van der Waals surface area contributed by atoms with Crippen LogP contribution in [0, 0.1) is 5.92 Å². The van der Waals surface area contributed by atoms with Crippen molar-refractivity contribution in [3.05, 3.63) is 22.4 Å². The zero-order valence-corrected chi connectivity index (χ0v) is 11.8. The van der Waals surface area contributed by atoms with Gasteiger partial charge in [-0.1, -0.05) is 18.9 Å². The molecule has 1 saturated carbocycles. The fourth-order valence-electron chi connectivity index (χ4n) is 3.52. The van der Waals surface area contributed by atoms with Crippen molar-refractivity contribution in [3.63, 3.8) is 0 Å². The summed E-state index contributed by atoms with van der Waals surface area (Å²) in [7, 11) is 0. The molecule has 100 valence electrons. The Kier molecular flexibility index (Phi) is 4.34. The monoisotopic (exact) mass is 264 g/mol. The summed E-state index contributed by atoms with van der Waals surface area (Å²) in [4.78, 5) is 1.45. The van der Waals surface area contributed by atoms with Gasteiger partial charge in [-0.15, -0.1) is 11.3 Å². The molecule has 2 aliphatic rings. The van der Waals surface area contributed by atoms with E-state index in [-0.39, 0.29) is 0 Å². The number of hydrogen-bond donors (Lipinski definition) is 2. The molecule has 1 saturated heterocycles. The van der Waals surface area contributed by atoms with E-state index in [1.165, 1.54) is 43.4 Å². The van der Waals surface area contributed by atoms with E-state index in [0.29, 0.717) is 6.04 Å². The topological polar surface area (TPSA) is 24.1 Å². The van der Waals surface area contributed by atoms with E-state index in [1.807, 2.05) is 11.3 Å². The Balaban J connectivity index is 1.41. The lowest BCUT2D eigenvalue weighted by atomic mass is 9.78. The second-order valence-electron chi connectivity index (χ2n) is 5.80. The van der Waals surface area contributed by atoms with Crippen molar-refractivity contribution in [3.8, 4) is 0 Å². The van der Waals surface area contributed by atoms with Gasteiger partial charge < -0.3 is 10.6 Å². The number of nitrogens with one attached hydrogen (secondary N) is 2. The molecule has 18 heavy (non-hydrogen) atoms. The van der Waals surface area contributed by atoms with E-state index in [2.05, 4.69) is 28.1 Å². The van der Waals surface area contributed by atoms with E-state index in [0.717, 1.165) is 25.0 Å². The van der Waals surface area contributed by atoms with E-state index in [9.17, 15) is 0 Å². The average Bonchev–Trinajstić information content (AvgIpc) is 2.92. The summed E-state index contributed by atoms with van der Waals surface area (Å²) in [6, 6.07) is 5.86. The van der Waals surface area contributed by atoms with Gasteiger partial charge in [0, 0.05) is 30.1 Å². The predicted octanol–water partition coefficient (Wildman–Crippen LogP) is 3.15. The van der Waals surface area contributed by atoms with Crippen LogP contribution in [0.15, 0.2) is 17.5 Å². The maximum atomic E-state index is 3.88. The predicted molar refractivity (Wildman–Crippen MR) is 77.9 cm³/mol. The first kappa shape index (κ1) is 12.6. The Hall–Kier alpha value is -0.380. The molecule has 0 radical (unpaired) electrons. The molecule has 2 heterocycles. The largest absolute Gasteiger partial charge is 0.310 e. The molecule has 0 amide bonds. The van der Waals surface area contributed by atoms with Crippen LogP contribution in [0.25, 0.3) is 0 Å². The first-order chi connectivity index (χ1) is 8.92. The third-order valence-electron chi connectivity index (χ3n) is 4.51. The first-order valence-corrected chi connectivity index (χ1v) is 8.29. The zero-order chi connectivity index (χ0) is 12.2. The van der Waals surface area contributed by atoms with Gasteiger partial charge in [-0.3, -0.25) is 0 Å². The summed E-state index contributed by atoms with van der Waals surface area (Å²) in [6.07, 6.45) is 8.58. The molecule has 0 aromatic carbocycles. The minimum absolute atomic E-state index is 0.698. The molecule has 2 fully saturated rings. The number of rotatable bonds is 4. The Morgan fingerprint density at radius 1 is 1.22 bits per heavy atom. The second kappa shape index (κ2) is 6.18. The van der Waals surface area contributed by atoms with Crippen LogP contribution in [-0.4, -0.2) is 18.6 Å². The van der Waals surface area contributed by atoms with Crippen LogP contribution < -0.4 is 10.6 Å². The third-order valence-corrected chi connectivity index (χ3v) is 5.39. The van der Waals surface area contributed by atoms with Gasteiger partial charge in [-0.05, 0) is 43.0 Å². The molecule has 3 atom stereocenters. The molecular weight excluding hydrogens is 240 g/mol. The van der Waals surface area contributed by atoms with Crippen molar-refractivity contribution in [1.29, 1.82) is 0 Å². The summed E-state index contributed by atoms with van der Waals surface area (Å²) in [5.41, 5.74) is 0. The Bertz CT molecular complexity index is 349. The molecular formula is C15H24N2S. The Morgan fingerprint density at radius 3 is 3.06 bits per heavy atom. The van der Waals surface area contributed by atoms with E-state index in [1.54, 1.807) is 0 Å². The maximum Gasteiger partial charge on any atom is 0.0300 e. The van der Waals surface area contributed by atoms with E-state index >= 15 is 0 Å². The van der Waals surface area contributed by atoms with Crippen LogP contribution in [0.5, 0.6) is 0 Å². The highest BCUT2D eigenvalue weighted by Crippen LogP contribution is 2.32. The molecule has 1 aliphatic carbocycles. The van der Waals surface area contributed by atoms with Crippen molar-refractivity contribution in [2.45, 2.75) is 57.2 Å². The minimum atomic E-state index is 0.698. The molecule has 3 unspecified atom stereocenters. The smallest absolute Gasteiger partial charge is 0.0300 e.